The van der Waals surface area contributed by atoms with E-state index in [-0.39, 0.29) is 24.9 Å². The number of ether oxygens (including phenoxy) is 1. The van der Waals surface area contributed by atoms with Crippen molar-refractivity contribution in [2.45, 2.75) is 51.6 Å². The molecule has 17 heavy (non-hydrogen) atoms. The molecule has 2 fully saturated rings. The summed E-state index contributed by atoms with van der Waals surface area (Å²) in [5, 5.41) is 0. The zero-order valence-corrected chi connectivity index (χ0v) is 9.90. The van der Waals surface area contributed by atoms with Gasteiger partial charge in [-0.05, 0) is 38.0 Å². The fourth-order valence-corrected chi connectivity index (χ4v) is 3.44. The monoisotopic (exact) mass is 250 g/mol. The smallest absolute Gasteiger partial charge is 0.404 e. The molecule has 1 spiro atoms. The second-order valence-corrected chi connectivity index (χ2v) is 5.36. The summed E-state index contributed by atoms with van der Waals surface area (Å²) in [7, 11) is 0. The van der Waals surface area contributed by atoms with Gasteiger partial charge in [-0.2, -0.15) is 13.2 Å². The molecule has 5 heteroatoms. The van der Waals surface area contributed by atoms with Crippen molar-refractivity contribution in [1.29, 1.82) is 0 Å². The molecule has 2 aliphatic rings. The fourth-order valence-electron chi connectivity index (χ4n) is 3.44. The first-order valence-electron chi connectivity index (χ1n) is 6.09. The van der Waals surface area contributed by atoms with Gasteiger partial charge in [0.05, 0.1) is 6.61 Å². The van der Waals surface area contributed by atoms with Crippen molar-refractivity contribution < 1.29 is 22.7 Å². The number of hydrogen-bond acceptors (Lipinski definition) is 2. The fraction of sp³-hybridized carbons (Fsp3) is 0.917. The molecule has 0 atom stereocenters. The van der Waals surface area contributed by atoms with Gasteiger partial charge in [-0.3, -0.25) is 4.79 Å². The van der Waals surface area contributed by atoms with Gasteiger partial charge in [0.25, 0.3) is 0 Å². The molecule has 2 aliphatic carbocycles. The SMILES string of the molecule is CCOC(=O)C1(C(F)(F)F)CC2(CCCC2)C1. The Morgan fingerprint density at radius 2 is 1.76 bits per heavy atom. The van der Waals surface area contributed by atoms with Crippen molar-refractivity contribution >= 4 is 5.97 Å². The van der Waals surface area contributed by atoms with E-state index in [0.717, 1.165) is 25.7 Å². The molecule has 0 aromatic heterocycles. The third kappa shape index (κ3) is 1.83. The van der Waals surface area contributed by atoms with Gasteiger partial charge in [0.15, 0.2) is 5.41 Å². The van der Waals surface area contributed by atoms with Crippen molar-refractivity contribution in [2.24, 2.45) is 10.8 Å². The Balaban J connectivity index is 2.15. The summed E-state index contributed by atoms with van der Waals surface area (Å²) in [5.41, 5.74) is -2.45. The molecular formula is C12H17F3O2. The highest BCUT2D eigenvalue weighted by Crippen LogP contribution is 2.67. The van der Waals surface area contributed by atoms with E-state index in [4.69, 9.17) is 0 Å². The lowest BCUT2D eigenvalue weighted by atomic mass is 9.51. The third-order valence-electron chi connectivity index (χ3n) is 4.23. The average molecular weight is 250 g/mol. The van der Waals surface area contributed by atoms with E-state index in [9.17, 15) is 18.0 Å². The van der Waals surface area contributed by atoms with Gasteiger partial charge in [0.2, 0.25) is 0 Å². The minimum absolute atomic E-state index is 0.00363. The molecule has 2 rings (SSSR count). The van der Waals surface area contributed by atoms with E-state index in [0.29, 0.717) is 0 Å². The van der Waals surface area contributed by atoms with Gasteiger partial charge in [-0.1, -0.05) is 12.8 Å². The molecule has 0 N–H and O–H groups in total. The van der Waals surface area contributed by atoms with Crippen molar-refractivity contribution in [1.82, 2.24) is 0 Å². The lowest BCUT2D eigenvalue weighted by Gasteiger charge is -2.53. The lowest BCUT2D eigenvalue weighted by Crippen LogP contribution is -2.59. The van der Waals surface area contributed by atoms with Gasteiger partial charge < -0.3 is 4.74 Å². The van der Waals surface area contributed by atoms with E-state index < -0.39 is 17.6 Å². The Morgan fingerprint density at radius 1 is 1.24 bits per heavy atom. The Bertz CT molecular complexity index is 308. The minimum atomic E-state index is -4.48. The number of carbonyl (C=O) groups excluding carboxylic acids is 1. The number of rotatable bonds is 2. The molecule has 2 nitrogen and oxygen atoms in total. The summed E-state index contributed by atoms with van der Waals surface area (Å²) in [6.45, 7) is 1.54. The standard InChI is InChI=1S/C12H17F3O2/c1-2-17-9(16)11(12(13,14)15)7-10(8-11)5-3-4-6-10/h2-8H2,1H3. The van der Waals surface area contributed by atoms with Gasteiger partial charge in [-0.15, -0.1) is 0 Å². The summed E-state index contributed by atoms with van der Waals surface area (Å²) < 4.78 is 43.8. The Hall–Kier alpha value is -0.740. The number of esters is 1. The van der Waals surface area contributed by atoms with E-state index in [1.165, 1.54) is 6.92 Å². The molecule has 0 aromatic carbocycles. The number of carbonyl (C=O) groups is 1. The summed E-state index contributed by atoms with van der Waals surface area (Å²) in [5.74, 6) is -1.08. The van der Waals surface area contributed by atoms with Crippen LogP contribution in [0.15, 0.2) is 0 Å². The molecule has 0 amide bonds. The summed E-state index contributed by atoms with van der Waals surface area (Å²) in [6.07, 6.45) is -1.00. The highest BCUT2D eigenvalue weighted by atomic mass is 19.4. The maximum absolute atomic E-state index is 13.1. The number of alkyl halides is 3. The van der Waals surface area contributed by atoms with E-state index in [1.807, 2.05) is 0 Å². The topological polar surface area (TPSA) is 26.3 Å². The summed E-state index contributed by atoms with van der Waals surface area (Å²) in [6, 6.07) is 0. The van der Waals surface area contributed by atoms with E-state index >= 15 is 0 Å². The first-order chi connectivity index (χ1) is 7.85. The predicted molar refractivity (Wildman–Crippen MR) is 55.3 cm³/mol. The minimum Gasteiger partial charge on any atom is -0.465 e. The van der Waals surface area contributed by atoms with Gasteiger partial charge in [0.1, 0.15) is 0 Å². The molecule has 2 saturated carbocycles. The van der Waals surface area contributed by atoms with Crippen LogP contribution in [0.1, 0.15) is 45.4 Å². The predicted octanol–water partition coefficient (Wildman–Crippen LogP) is 3.45. The Labute approximate surface area is 98.5 Å². The average Bonchev–Trinajstić information content (AvgIpc) is 2.61. The van der Waals surface area contributed by atoms with Crippen molar-refractivity contribution in [3.05, 3.63) is 0 Å². The van der Waals surface area contributed by atoms with Gasteiger partial charge in [0, 0.05) is 0 Å². The van der Waals surface area contributed by atoms with Crippen LogP contribution in [0.3, 0.4) is 0 Å². The molecular weight excluding hydrogens is 233 g/mol. The quantitative estimate of drug-likeness (QED) is 0.701. The largest absolute Gasteiger partial charge is 0.465 e. The van der Waals surface area contributed by atoms with Gasteiger partial charge >= 0.3 is 12.1 Å². The highest BCUT2D eigenvalue weighted by Gasteiger charge is 2.72. The molecule has 0 aromatic rings. The Morgan fingerprint density at radius 3 is 2.18 bits per heavy atom. The summed E-state index contributed by atoms with van der Waals surface area (Å²) >= 11 is 0. The van der Waals surface area contributed by atoms with Crippen LogP contribution in [-0.2, 0) is 9.53 Å². The molecule has 0 aliphatic heterocycles. The Kier molecular flexibility index (Phi) is 2.91. The normalized spacial score (nSPS) is 25.6. The van der Waals surface area contributed by atoms with Crippen LogP contribution >= 0.6 is 0 Å². The zero-order chi connectivity index (χ0) is 12.7. The van der Waals surface area contributed by atoms with Crippen LogP contribution in [0.4, 0.5) is 13.2 Å². The van der Waals surface area contributed by atoms with Crippen molar-refractivity contribution in [2.75, 3.05) is 6.61 Å². The highest BCUT2D eigenvalue weighted by molar-refractivity contribution is 5.79. The second-order valence-electron chi connectivity index (χ2n) is 5.36. The van der Waals surface area contributed by atoms with Crippen molar-refractivity contribution in [3.8, 4) is 0 Å². The van der Waals surface area contributed by atoms with Crippen LogP contribution in [0.25, 0.3) is 0 Å². The number of hydrogen-bond donors (Lipinski definition) is 0. The van der Waals surface area contributed by atoms with Crippen LogP contribution in [0, 0.1) is 10.8 Å². The van der Waals surface area contributed by atoms with E-state index in [2.05, 4.69) is 4.74 Å². The van der Waals surface area contributed by atoms with Crippen LogP contribution in [0.2, 0.25) is 0 Å². The first kappa shape index (κ1) is 12.7. The first-order valence-corrected chi connectivity index (χ1v) is 6.09. The zero-order valence-electron chi connectivity index (χ0n) is 9.90. The maximum atomic E-state index is 13.1. The van der Waals surface area contributed by atoms with Crippen molar-refractivity contribution in [3.63, 3.8) is 0 Å². The number of halogens is 3. The second kappa shape index (κ2) is 3.89. The lowest BCUT2D eigenvalue weighted by molar-refractivity contribution is -0.280. The molecule has 98 valence electrons. The molecule has 0 radical (unpaired) electrons. The molecule has 0 bridgehead atoms. The molecule has 0 unspecified atom stereocenters. The van der Waals surface area contributed by atoms with Crippen LogP contribution in [0.5, 0.6) is 0 Å². The molecule has 0 saturated heterocycles. The summed E-state index contributed by atoms with van der Waals surface area (Å²) in [4.78, 5) is 11.6. The maximum Gasteiger partial charge on any atom is 0.404 e. The van der Waals surface area contributed by atoms with E-state index in [1.54, 1.807) is 0 Å². The van der Waals surface area contributed by atoms with Crippen LogP contribution < -0.4 is 0 Å². The third-order valence-corrected chi connectivity index (χ3v) is 4.23. The molecule has 0 heterocycles. The van der Waals surface area contributed by atoms with Crippen LogP contribution in [-0.4, -0.2) is 18.8 Å². The van der Waals surface area contributed by atoms with Gasteiger partial charge in [-0.25, -0.2) is 0 Å².